The number of carbonyl (C=O) groups is 8. The van der Waals surface area contributed by atoms with Gasteiger partial charge in [0.2, 0.25) is 17.5 Å². The minimum atomic E-state index is -0.815. The van der Waals surface area contributed by atoms with Crippen molar-refractivity contribution in [2.75, 3.05) is 86.8 Å². The van der Waals surface area contributed by atoms with Crippen LogP contribution in [0, 0.1) is 12.8 Å². The van der Waals surface area contributed by atoms with Crippen LogP contribution in [0.2, 0.25) is 0 Å². The molecule has 3 atom stereocenters. The Kier molecular flexibility index (Phi) is 21.4. The molecule has 8 amide bonds. The summed E-state index contributed by atoms with van der Waals surface area (Å²) in [5.74, 6) is 3.65. The van der Waals surface area contributed by atoms with Crippen molar-refractivity contribution in [3.63, 3.8) is 0 Å². The number of nitrogens with two attached hydrogens (primary N) is 2. The van der Waals surface area contributed by atoms with Crippen molar-refractivity contribution in [3.05, 3.63) is 143 Å². The first-order valence-electron chi connectivity index (χ1n) is 26.8. The van der Waals surface area contributed by atoms with E-state index in [4.69, 9.17) is 31.7 Å². The maximum absolute atomic E-state index is 14.5. The number of nitrogens with one attached hydrogen (secondary N) is 5. The summed E-state index contributed by atoms with van der Waals surface area (Å²) in [6.07, 6.45) is 2.29. The van der Waals surface area contributed by atoms with Crippen LogP contribution in [-0.4, -0.2) is 145 Å². The van der Waals surface area contributed by atoms with Gasteiger partial charge in [0.1, 0.15) is 24.1 Å². The molecule has 2 aliphatic rings. The van der Waals surface area contributed by atoms with Gasteiger partial charge in [-0.25, -0.2) is 15.0 Å². The number of benzene rings is 5. The third kappa shape index (κ3) is 15.8. The number of hydrogen-bond acceptors (Lipinski definition) is 15. The van der Waals surface area contributed by atoms with E-state index in [0.29, 0.717) is 39.3 Å². The van der Waals surface area contributed by atoms with Crippen LogP contribution in [-0.2, 0) is 40.1 Å². The molecule has 5 aromatic carbocycles. The molecular formula is C59H69ClN11O12+. The number of aromatic hydroxyl groups is 1. The number of halogens is 1. The van der Waals surface area contributed by atoms with Gasteiger partial charge in [-0.2, -0.15) is 5.84 Å². The highest BCUT2D eigenvalue weighted by molar-refractivity contribution is 6.19. The molecule has 0 aromatic heterocycles. The Balaban J connectivity index is 1.03. The lowest BCUT2D eigenvalue weighted by Gasteiger charge is -2.26. The van der Waals surface area contributed by atoms with Crippen molar-refractivity contribution in [1.29, 1.82) is 0 Å². The van der Waals surface area contributed by atoms with E-state index < -0.39 is 47.9 Å². The molecule has 0 aliphatic carbocycles. The van der Waals surface area contributed by atoms with E-state index in [1.54, 1.807) is 74.6 Å². The summed E-state index contributed by atoms with van der Waals surface area (Å²) in [5, 5.41) is 25.2. The molecule has 0 bridgehead atoms. The van der Waals surface area contributed by atoms with Crippen molar-refractivity contribution in [1.82, 2.24) is 25.3 Å². The summed E-state index contributed by atoms with van der Waals surface area (Å²) >= 11 is 6.64. The van der Waals surface area contributed by atoms with E-state index in [1.807, 2.05) is 32.9 Å². The fourth-order valence-corrected chi connectivity index (χ4v) is 9.53. The molecule has 7 rings (SSSR count). The predicted octanol–water partition coefficient (Wildman–Crippen LogP) is 4.86. The number of phenols is 1. The highest BCUT2D eigenvalue weighted by Crippen LogP contribution is 2.47. The number of alkyl halides is 1. The summed E-state index contributed by atoms with van der Waals surface area (Å²) in [7, 11) is 3.19. The minimum absolute atomic E-state index is 0.0122. The Bertz CT molecular complexity index is 3250. The van der Waals surface area contributed by atoms with Crippen LogP contribution < -0.4 is 47.5 Å². The summed E-state index contributed by atoms with van der Waals surface area (Å²) in [5.41, 5.74) is 5.88. The lowest BCUT2D eigenvalue weighted by molar-refractivity contribution is -0.613. The molecule has 0 radical (unpaired) electrons. The molecule has 0 saturated carbocycles. The zero-order valence-electron chi connectivity index (χ0n) is 46.9. The number of phenolic OH excluding ortho intramolecular Hbond substituents is 1. The third-order valence-corrected chi connectivity index (χ3v) is 14.3. The monoisotopic (exact) mass is 1160 g/mol. The average molecular weight is 1160 g/mol. The maximum atomic E-state index is 14.5. The molecule has 438 valence electrons. The number of anilines is 4. The molecule has 0 unspecified atom stereocenters. The molecule has 0 saturated heterocycles. The van der Waals surface area contributed by atoms with Crippen LogP contribution in [0.1, 0.15) is 53.7 Å². The smallest absolute Gasteiger partial charge is 0.415 e. The fraction of sp³-hybridized carbons (Fsp3) is 0.322. The van der Waals surface area contributed by atoms with Crippen LogP contribution in [0.3, 0.4) is 0 Å². The van der Waals surface area contributed by atoms with Gasteiger partial charge in [0.05, 0.1) is 37.7 Å². The highest BCUT2D eigenvalue weighted by Gasteiger charge is 2.38. The molecule has 83 heavy (non-hydrogen) atoms. The van der Waals surface area contributed by atoms with Gasteiger partial charge in [-0.3, -0.25) is 33.7 Å². The second-order valence-corrected chi connectivity index (χ2v) is 20.4. The molecule has 0 fully saturated rings. The molecule has 24 heteroatoms. The number of nitrogens with zero attached hydrogens (tertiary/aromatic N) is 4. The van der Waals surface area contributed by atoms with Crippen LogP contribution >= 0.6 is 11.6 Å². The number of aryl methyl sites for hydroxylation is 1. The maximum Gasteiger partial charge on any atom is 0.415 e. The molecule has 2 aliphatic heterocycles. The van der Waals surface area contributed by atoms with Gasteiger partial charge in [-0.1, -0.05) is 44.2 Å². The quantitative estimate of drug-likeness (QED) is 0.00967. The van der Waals surface area contributed by atoms with Crippen molar-refractivity contribution in [2.24, 2.45) is 11.8 Å². The molecular weight excluding hydrogens is 1090 g/mol. The van der Waals surface area contributed by atoms with Crippen molar-refractivity contribution in [3.8, 4) is 11.5 Å². The second kappa shape index (κ2) is 28.7. The van der Waals surface area contributed by atoms with Gasteiger partial charge in [-0.15, -0.1) is 11.6 Å². The standard InChI is InChI=1S/C59H68ClN11O12/c1-35(2)53(62-5)56(77)64-37(4)54(75)65-42-14-10-38(11-15-42)34-82-58(79)68(6)24-25-69(26-28-81-29-27-70-49(73)22-23-50(70)74)59(80)83-48-30-47-52(51-36(3)8-7-9-45(48)51)40(31-60)33-71(47)57(78)46(67-61)32-63-41-16-18-43(19-17-41)66-55(76)39-12-20-44(72)21-13-39/h7-23,30,32,35,37,40,53,62-63,67,72H,24-29,31,33-34,61H2,1-6H3,(H,64,77)(H,65,75)(H,66,76)/p+1/b46-32-/t37-,40+,53-/m0/s1. The van der Waals surface area contributed by atoms with Gasteiger partial charge in [-0.05, 0) is 110 Å². The Morgan fingerprint density at radius 1 is 0.843 bits per heavy atom. The lowest BCUT2D eigenvalue weighted by atomic mass is 9.92. The second-order valence-electron chi connectivity index (χ2n) is 20.1. The number of ether oxygens (including phenoxy) is 3. The number of carbonyl (C=O) groups excluding carboxylic acids is 8. The van der Waals surface area contributed by atoms with Gasteiger partial charge in [0.25, 0.3) is 17.7 Å². The largest absolute Gasteiger partial charge is 0.508 e. The molecule has 5 aromatic rings. The van der Waals surface area contributed by atoms with Gasteiger partial charge in [0.15, 0.2) is 0 Å². The Labute approximate surface area is 485 Å². The minimum Gasteiger partial charge on any atom is -0.508 e. The highest BCUT2D eigenvalue weighted by atomic mass is 35.5. The Morgan fingerprint density at radius 3 is 2.16 bits per heavy atom. The normalized spacial score (nSPS) is 14.5. The van der Waals surface area contributed by atoms with Crippen LogP contribution in [0.5, 0.6) is 11.5 Å². The van der Waals surface area contributed by atoms with Gasteiger partial charge in [0, 0.05) is 91.3 Å². The van der Waals surface area contributed by atoms with E-state index >= 15 is 0 Å². The molecule has 23 nitrogen and oxygen atoms in total. The SMILES string of the molecule is CN[C@H](C(=O)N[C@@H](C)C(=O)Nc1ccc(COC(=O)N(C)CCN(CCOCCN2C(=O)C=CC2=O)C(=O)Oc2cc3c(c4c(C)cccc24)[C@H](CCl)CN3C(=O)/C(=C/Nc2ccc(NC(=O)c3ccc(O)cc3)cc2)[NH2+]N)cc1)C(C)C. The van der Waals surface area contributed by atoms with Gasteiger partial charge < -0.3 is 60.6 Å². The summed E-state index contributed by atoms with van der Waals surface area (Å²) in [6, 6.07) is 25.2. The molecule has 2 heterocycles. The van der Waals surface area contributed by atoms with E-state index in [9.17, 15) is 43.5 Å². The number of rotatable bonds is 25. The van der Waals surface area contributed by atoms with E-state index in [2.05, 4.69) is 26.6 Å². The zero-order chi connectivity index (χ0) is 59.9. The topological polar surface area (TPSA) is 300 Å². The number of quaternary nitrogens is 1. The number of likely N-dealkylation sites (N-methyl/N-ethyl adjacent to an activating group) is 2. The van der Waals surface area contributed by atoms with E-state index in [1.165, 1.54) is 69.8 Å². The number of amides is 8. The van der Waals surface area contributed by atoms with E-state index in [-0.39, 0.29) is 99.3 Å². The predicted molar refractivity (Wildman–Crippen MR) is 312 cm³/mol. The Morgan fingerprint density at radius 2 is 1.51 bits per heavy atom. The summed E-state index contributed by atoms with van der Waals surface area (Å²) in [4.78, 5) is 110. The molecule has 0 spiro atoms. The third-order valence-electron chi connectivity index (χ3n) is 13.9. The average Bonchev–Trinajstić information content (AvgIpc) is 3.47. The van der Waals surface area contributed by atoms with Gasteiger partial charge >= 0.3 is 18.1 Å². The number of fused-ring (bicyclic) bond motifs is 3. The van der Waals surface area contributed by atoms with Crippen molar-refractivity contribution < 1.29 is 63.1 Å². The first kappa shape index (κ1) is 61.7. The fourth-order valence-electron chi connectivity index (χ4n) is 9.28. The lowest BCUT2D eigenvalue weighted by Crippen LogP contribution is -2.91. The molecule has 10 N–H and O–H groups in total. The van der Waals surface area contributed by atoms with Crippen molar-refractivity contribution in [2.45, 2.75) is 52.3 Å². The Hall–Kier alpha value is -8.87. The summed E-state index contributed by atoms with van der Waals surface area (Å²) in [6.45, 7) is 7.15. The van der Waals surface area contributed by atoms with E-state index in [0.717, 1.165) is 21.4 Å². The van der Waals surface area contributed by atoms with Crippen LogP contribution in [0.4, 0.5) is 32.3 Å². The first-order chi connectivity index (χ1) is 39.8. The number of hydrogen-bond donors (Lipinski definition) is 8. The zero-order valence-corrected chi connectivity index (χ0v) is 47.7. The van der Waals surface area contributed by atoms with Crippen LogP contribution in [0.25, 0.3) is 10.8 Å². The first-order valence-corrected chi connectivity index (χ1v) is 27.3. The van der Waals surface area contributed by atoms with Crippen LogP contribution in [0.15, 0.2) is 121 Å². The van der Waals surface area contributed by atoms with Crippen molar-refractivity contribution >= 4 is 92.8 Å². The summed E-state index contributed by atoms with van der Waals surface area (Å²) < 4.78 is 17.6. The number of imide groups is 1.